The van der Waals surface area contributed by atoms with Crippen LogP contribution in [0.3, 0.4) is 0 Å². The first-order valence-corrected chi connectivity index (χ1v) is 4.91. The van der Waals surface area contributed by atoms with Crippen molar-refractivity contribution in [3.63, 3.8) is 0 Å². The zero-order valence-corrected chi connectivity index (χ0v) is 7.73. The van der Waals surface area contributed by atoms with E-state index in [2.05, 4.69) is 9.17 Å². The molecule has 5 nitrogen and oxygen atoms in total. The standard InChI is InChI=1S/C7H9NO4S/c1-6(12-13(9,10)11)7-3-2-4-8-5-7/h2-6H,1H3,(H,9,10,11)/t6-/m0/s1. The van der Waals surface area contributed by atoms with E-state index in [0.29, 0.717) is 5.56 Å². The second-order valence-corrected chi connectivity index (χ2v) is 3.50. The highest BCUT2D eigenvalue weighted by Crippen LogP contribution is 2.16. The van der Waals surface area contributed by atoms with Crippen molar-refractivity contribution in [1.82, 2.24) is 4.98 Å². The minimum atomic E-state index is -4.40. The van der Waals surface area contributed by atoms with Crippen LogP contribution in [-0.2, 0) is 14.6 Å². The molecular formula is C7H9NO4S. The molecule has 0 amide bonds. The third-order valence-electron chi connectivity index (χ3n) is 1.42. The van der Waals surface area contributed by atoms with Crippen molar-refractivity contribution in [2.24, 2.45) is 0 Å². The van der Waals surface area contributed by atoms with Crippen molar-refractivity contribution in [1.29, 1.82) is 0 Å². The number of hydrogen-bond acceptors (Lipinski definition) is 4. The van der Waals surface area contributed by atoms with Crippen LogP contribution in [0.2, 0.25) is 0 Å². The van der Waals surface area contributed by atoms with E-state index in [1.54, 1.807) is 18.3 Å². The van der Waals surface area contributed by atoms with Crippen molar-refractivity contribution >= 4 is 10.4 Å². The summed E-state index contributed by atoms with van der Waals surface area (Å²) in [7, 11) is -4.40. The highest BCUT2D eigenvalue weighted by atomic mass is 32.3. The van der Waals surface area contributed by atoms with Crippen LogP contribution in [0.1, 0.15) is 18.6 Å². The maximum atomic E-state index is 10.3. The Balaban J connectivity index is 2.76. The molecule has 0 bridgehead atoms. The van der Waals surface area contributed by atoms with E-state index in [1.807, 2.05) is 0 Å². The molecule has 0 unspecified atom stereocenters. The zero-order chi connectivity index (χ0) is 9.90. The molecule has 0 aliphatic carbocycles. The molecule has 0 spiro atoms. The average molecular weight is 203 g/mol. The third-order valence-corrected chi connectivity index (χ3v) is 1.95. The maximum absolute atomic E-state index is 10.3. The van der Waals surface area contributed by atoms with Gasteiger partial charge in [0.1, 0.15) is 6.10 Å². The molecule has 0 fully saturated rings. The second kappa shape index (κ2) is 3.82. The largest absolute Gasteiger partial charge is 0.397 e. The Kier molecular flexibility index (Phi) is 2.97. The molecule has 0 aliphatic heterocycles. The van der Waals surface area contributed by atoms with Gasteiger partial charge in [-0.3, -0.25) is 9.54 Å². The Morgan fingerprint density at radius 3 is 2.77 bits per heavy atom. The Hall–Kier alpha value is -0.980. The van der Waals surface area contributed by atoms with Crippen molar-refractivity contribution in [2.45, 2.75) is 13.0 Å². The molecule has 0 saturated carbocycles. The lowest BCUT2D eigenvalue weighted by molar-refractivity contribution is 0.200. The van der Waals surface area contributed by atoms with E-state index >= 15 is 0 Å². The fourth-order valence-electron chi connectivity index (χ4n) is 0.854. The minimum absolute atomic E-state index is 0.583. The molecule has 0 aliphatic rings. The summed E-state index contributed by atoms with van der Waals surface area (Å²) in [6.07, 6.45) is 2.29. The van der Waals surface area contributed by atoms with Crippen LogP contribution >= 0.6 is 0 Å². The maximum Gasteiger partial charge on any atom is 0.397 e. The van der Waals surface area contributed by atoms with Crippen LogP contribution in [0.5, 0.6) is 0 Å². The average Bonchev–Trinajstić information content (AvgIpc) is 2.03. The summed E-state index contributed by atoms with van der Waals surface area (Å²) < 4.78 is 33.3. The van der Waals surface area contributed by atoms with Crippen LogP contribution < -0.4 is 0 Å². The first-order valence-electron chi connectivity index (χ1n) is 3.54. The Labute approximate surface area is 76.3 Å². The molecule has 0 aromatic carbocycles. The van der Waals surface area contributed by atoms with Crippen LogP contribution in [0.4, 0.5) is 0 Å². The van der Waals surface area contributed by atoms with Crippen LogP contribution in [0, 0.1) is 0 Å². The molecule has 1 rings (SSSR count). The lowest BCUT2D eigenvalue weighted by Gasteiger charge is -2.08. The minimum Gasteiger partial charge on any atom is -0.264 e. The van der Waals surface area contributed by atoms with Gasteiger partial charge in [-0.25, -0.2) is 4.18 Å². The molecule has 72 valence electrons. The van der Waals surface area contributed by atoms with Crippen molar-refractivity contribution in [3.8, 4) is 0 Å². The molecule has 6 heteroatoms. The van der Waals surface area contributed by atoms with Crippen LogP contribution in [0.15, 0.2) is 24.5 Å². The predicted molar refractivity (Wildman–Crippen MR) is 45.3 cm³/mol. The van der Waals surface area contributed by atoms with Gasteiger partial charge in [0.05, 0.1) is 0 Å². The predicted octanol–water partition coefficient (Wildman–Crippen LogP) is 0.962. The zero-order valence-electron chi connectivity index (χ0n) is 6.91. The quantitative estimate of drug-likeness (QED) is 0.740. The summed E-state index contributed by atoms with van der Waals surface area (Å²) in [4.78, 5) is 3.78. The van der Waals surface area contributed by atoms with Gasteiger partial charge in [0.15, 0.2) is 0 Å². The van der Waals surface area contributed by atoms with E-state index in [1.165, 1.54) is 13.1 Å². The summed E-state index contributed by atoms with van der Waals surface area (Å²) >= 11 is 0. The molecule has 0 radical (unpaired) electrons. The first kappa shape index (κ1) is 10.1. The molecule has 13 heavy (non-hydrogen) atoms. The van der Waals surface area contributed by atoms with Gasteiger partial charge in [-0.15, -0.1) is 0 Å². The van der Waals surface area contributed by atoms with E-state index in [-0.39, 0.29) is 0 Å². The van der Waals surface area contributed by atoms with Gasteiger partial charge in [-0.05, 0) is 13.0 Å². The number of pyridine rings is 1. The first-order chi connectivity index (χ1) is 5.99. The van der Waals surface area contributed by atoms with E-state index in [9.17, 15) is 8.42 Å². The van der Waals surface area contributed by atoms with Gasteiger partial charge in [0.2, 0.25) is 0 Å². The molecule has 1 atom stereocenters. The van der Waals surface area contributed by atoms with Gasteiger partial charge < -0.3 is 0 Å². The van der Waals surface area contributed by atoms with Crippen LogP contribution in [-0.4, -0.2) is 18.0 Å². The summed E-state index contributed by atoms with van der Waals surface area (Å²) in [5, 5.41) is 0. The fraction of sp³-hybridized carbons (Fsp3) is 0.286. The fourth-order valence-corrected chi connectivity index (χ4v) is 1.33. The molecule has 1 heterocycles. The monoisotopic (exact) mass is 203 g/mol. The van der Waals surface area contributed by atoms with Gasteiger partial charge in [-0.2, -0.15) is 8.42 Å². The van der Waals surface area contributed by atoms with E-state index in [4.69, 9.17) is 4.55 Å². The highest BCUT2D eigenvalue weighted by molar-refractivity contribution is 7.80. The normalized spacial score (nSPS) is 14.0. The van der Waals surface area contributed by atoms with Crippen molar-refractivity contribution in [3.05, 3.63) is 30.1 Å². The Bertz CT molecular complexity index is 361. The Morgan fingerprint density at radius 1 is 1.62 bits per heavy atom. The second-order valence-electron chi connectivity index (χ2n) is 2.45. The van der Waals surface area contributed by atoms with E-state index in [0.717, 1.165) is 0 Å². The number of rotatable bonds is 3. The molecule has 1 N–H and O–H groups in total. The third kappa shape index (κ3) is 3.49. The van der Waals surface area contributed by atoms with Crippen molar-refractivity contribution in [2.75, 3.05) is 0 Å². The molecular weight excluding hydrogens is 194 g/mol. The molecule has 0 saturated heterocycles. The summed E-state index contributed by atoms with van der Waals surface area (Å²) in [5.74, 6) is 0. The topological polar surface area (TPSA) is 76.5 Å². The SMILES string of the molecule is C[C@H](OS(=O)(=O)O)c1cccnc1. The van der Waals surface area contributed by atoms with Crippen LogP contribution in [0.25, 0.3) is 0 Å². The summed E-state index contributed by atoms with van der Waals surface area (Å²) in [6, 6.07) is 3.31. The summed E-state index contributed by atoms with van der Waals surface area (Å²) in [5.41, 5.74) is 0.583. The summed E-state index contributed by atoms with van der Waals surface area (Å²) in [6.45, 7) is 1.50. The molecule has 1 aromatic heterocycles. The smallest absolute Gasteiger partial charge is 0.264 e. The molecule has 1 aromatic rings. The number of aromatic nitrogens is 1. The van der Waals surface area contributed by atoms with Gasteiger partial charge in [0, 0.05) is 18.0 Å². The Morgan fingerprint density at radius 2 is 2.31 bits per heavy atom. The van der Waals surface area contributed by atoms with E-state index < -0.39 is 16.5 Å². The number of nitrogens with zero attached hydrogens (tertiary/aromatic N) is 1. The highest BCUT2D eigenvalue weighted by Gasteiger charge is 2.13. The van der Waals surface area contributed by atoms with Gasteiger partial charge >= 0.3 is 10.4 Å². The lowest BCUT2D eigenvalue weighted by atomic mass is 10.2. The van der Waals surface area contributed by atoms with Gasteiger partial charge in [-0.1, -0.05) is 6.07 Å². The lowest BCUT2D eigenvalue weighted by Crippen LogP contribution is -2.08. The van der Waals surface area contributed by atoms with Crippen molar-refractivity contribution < 1.29 is 17.2 Å². The number of hydrogen-bond donors (Lipinski definition) is 1. The van der Waals surface area contributed by atoms with Gasteiger partial charge in [0.25, 0.3) is 0 Å².